The largest absolute Gasteiger partial charge is 0.354 e. The number of hydrogen-bond donors (Lipinski definition) is 1. The molecule has 1 fully saturated rings. The normalized spacial score (nSPS) is 29.4. The molecular weight excluding hydrogens is 236 g/mol. The molecule has 100 valence electrons. The number of halogens is 1. The molecular formula is C13H25ClN2O. The fourth-order valence-corrected chi connectivity index (χ4v) is 2.97. The maximum atomic E-state index is 11.5. The lowest BCUT2D eigenvalue weighted by atomic mass is 9.75. The highest BCUT2D eigenvalue weighted by Gasteiger charge is 2.36. The van der Waals surface area contributed by atoms with Gasteiger partial charge in [0.1, 0.15) is 0 Å². The van der Waals surface area contributed by atoms with Crippen molar-refractivity contribution in [2.24, 2.45) is 5.92 Å². The van der Waals surface area contributed by atoms with Crippen molar-refractivity contribution < 1.29 is 4.79 Å². The van der Waals surface area contributed by atoms with Crippen molar-refractivity contribution in [3.63, 3.8) is 0 Å². The van der Waals surface area contributed by atoms with Crippen LogP contribution in [0.5, 0.6) is 0 Å². The Balaban J connectivity index is 2.56. The third-order valence-corrected chi connectivity index (χ3v) is 4.14. The fourth-order valence-electron chi connectivity index (χ4n) is 2.79. The number of carbonyl (C=O) groups is 1. The highest BCUT2D eigenvalue weighted by molar-refractivity contribution is 6.18. The summed E-state index contributed by atoms with van der Waals surface area (Å²) in [5, 5.41) is 3.03. The Morgan fingerprint density at radius 2 is 2.24 bits per heavy atom. The van der Waals surface area contributed by atoms with Crippen molar-refractivity contribution in [3.8, 4) is 0 Å². The van der Waals surface area contributed by atoms with Crippen LogP contribution in [0.4, 0.5) is 0 Å². The number of carbonyl (C=O) groups excluding carboxylic acids is 1. The number of alkyl halides is 1. The van der Waals surface area contributed by atoms with Gasteiger partial charge in [-0.1, -0.05) is 19.8 Å². The van der Waals surface area contributed by atoms with Crippen LogP contribution in [0.1, 0.15) is 39.0 Å². The Bertz CT molecular complexity index is 258. The van der Waals surface area contributed by atoms with Gasteiger partial charge in [0.05, 0.1) is 0 Å². The van der Waals surface area contributed by atoms with Crippen LogP contribution in [-0.4, -0.2) is 42.9 Å². The van der Waals surface area contributed by atoms with Crippen LogP contribution in [0.25, 0.3) is 0 Å². The SMILES string of the molecule is CC1CCCC(CNC(=O)CCCl)(N(C)C)C1. The third kappa shape index (κ3) is 4.14. The van der Waals surface area contributed by atoms with Gasteiger partial charge >= 0.3 is 0 Å². The van der Waals surface area contributed by atoms with Gasteiger partial charge in [0, 0.05) is 24.4 Å². The van der Waals surface area contributed by atoms with E-state index in [0.717, 1.165) is 12.5 Å². The van der Waals surface area contributed by atoms with Gasteiger partial charge in [-0.15, -0.1) is 11.6 Å². The predicted octanol–water partition coefficient (Wildman–Crippen LogP) is 2.24. The first-order valence-electron chi connectivity index (χ1n) is 6.50. The lowest BCUT2D eigenvalue weighted by Gasteiger charge is -2.45. The molecule has 0 saturated heterocycles. The molecule has 1 N–H and O–H groups in total. The van der Waals surface area contributed by atoms with Gasteiger partial charge < -0.3 is 10.2 Å². The number of nitrogens with one attached hydrogen (secondary N) is 1. The van der Waals surface area contributed by atoms with Crippen molar-refractivity contribution in [1.82, 2.24) is 10.2 Å². The molecule has 3 nitrogen and oxygen atoms in total. The first-order valence-corrected chi connectivity index (χ1v) is 7.04. The Kier molecular flexibility index (Phi) is 5.74. The molecule has 2 atom stereocenters. The molecule has 4 heteroatoms. The summed E-state index contributed by atoms with van der Waals surface area (Å²) in [6, 6.07) is 0. The Morgan fingerprint density at radius 1 is 1.53 bits per heavy atom. The van der Waals surface area contributed by atoms with Crippen LogP contribution in [0.3, 0.4) is 0 Å². The number of nitrogens with zero attached hydrogens (tertiary/aromatic N) is 1. The van der Waals surface area contributed by atoms with E-state index in [-0.39, 0.29) is 11.4 Å². The molecule has 1 amide bonds. The molecule has 1 saturated carbocycles. The quantitative estimate of drug-likeness (QED) is 0.769. The zero-order valence-corrected chi connectivity index (χ0v) is 12.0. The molecule has 17 heavy (non-hydrogen) atoms. The van der Waals surface area contributed by atoms with E-state index in [0.29, 0.717) is 12.3 Å². The highest BCUT2D eigenvalue weighted by atomic mass is 35.5. The zero-order valence-electron chi connectivity index (χ0n) is 11.3. The van der Waals surface area contributed by atoms with E-state index >= 15 is 0 Å². The zero-order chi connectivity index (χ0) is 12.9. The Morgan fingerprint density at radius 3 is 2.76 bits per heavy atom. The lowest BCUT2D eigenvalue weighted by Crippen LogP contribution is -2.55. The molecule has 1 aliphatic rings. The van der Waals surface area contributed by atoms with Gasteiger partial charge in [0.25, 0.3) is 0 Å². The molecule has 0 aromatic rings. The highest BCUT2D eigenvalue weighted by Crippen LogP contribution is 2.35. The molecule has 0 aromatic carbocycles. The summed E-state index contributed by atoms with van der Waals surface area (Å²) in [5.41, 5.74) is 0.139. The first-order chi connectivity index (χ1) is 8.00. The molecule has 0 spiro atoms. The van der Waals surface area contributed by atoms with Crippen molar-refractivity contribution in [2.75, 3.05) is 26.5 Å². The third-order valence-electron chi connectivity index (χ3n) is 3.95. The number of likely N-dealkylation sites (N-methyl/N-ethyl adjacent to an activating group) is 1. The summed E-state index contributed by atoms with van der Waals surface area (Å²) in [6.45, 7) is 3.05. The van der Waals surface area contributed by atoms with Crippen LogP contribution in [0.2, 0.25) is 0 Å². The second-order valence-corrected chi connectivity index (χ2v) is 5.91. The van der Waals surface area contributed by atoms with Gasteiger partial charge in [-0.2, -0.15) is 0 Å². The van der Waals surface area contributed by atoms with E-state index in [2.05, 4.69) is 31.2 Å². The molecule has 0 heterocycles. The summed E-state index contributed by atoms with van der Waals surface area (Å²) < 4.78 is 0. The molecule has 0 radical (unpaired) electrons. The minimum Gasteiger partial charge on any atom is -0.354 e. The minimum atomic E-state index is 0.0689. The average molecular weight is 261 g/mol. The summed E-state index contributed by atoms with van der Waals surface area (Å²) in [7, 11) is 4.23. The van der Waals surface area contributed by atoms with E-state index in [1.54, 1.807) is 0 Å². The fraction of sp³-hybridized carbons (Fsp3) is 0.923. The minimum absolute atomic E-state index is 0.0689. The maximum absolute atomic E-state index is 11.5. The van der Waals surface area contributed by atoms with Crippen LogP contribution in [0, 0.1) is 5.92 Å². The van der Waals surface area contributed by atoms with Gasteiger partial charge in [-0.25, -0.2) is 0 Å². The number of hydrogen-bond acceptors (Lipinski definition) is 2. The summed E-state index contributed by atoms with van der Waals surface area (Å²) in [4.78, 5) is 13.8. The first kappa shape index (κ1) is 14.8. The topological polar surface area (TPSA) is 32.3 Å². The maximum Gasteiger partial charge on any atom is 0.221 e. The molecule has 1 aliphatic carbocycles. The Hall–Kier alpha value is -0.280. The second-order valence-electron chi connectivity index (χ2n) is 5.54. The molecule has 0 aromatic heterocycles. The lowest BCUT2D eigenvalue weighted by molar-refractivity contribution is -0.121. The van der Waals surface area contributed by atoms with Gasteiger partial charge in [-0.05, 0) is 32.9 Å². The van der Waals surface area contributed by atoms with E-state index < -0.39 is 0 Å². The molecule has 0 bridgehead atoms. The van der Waals surface area contributed by atoms with Crippen molar-refractivity contribution >= 4 is 17.5 Å². The smallest absolute Gasteiger partial charge is 0.221 e. The molecule has 1 rings (SSSR count). The number of amides is 1. The number of rotatable bonds is 5. The Labute approximate surface area is 110 Å². The van der Waals surface area contributed by atoms with Crippen LogP contribution >= 0.6 is 11.6 Å². The van der Waals surface area contributed by atoms with E-state index in [1.807, 2.05) is 0 Å². The van der Waals surface area contributed by atoms with Crippen LogP contribution < -0.4 is 5.32 Å². The van der Waals surface area contributed by atoms with E-state index in [1.165, 1.54) is 25.7 Å². The monoisotopic (exact) mass is 260 g/mol. The van der Waals surface area contributed by atoms with Gasteiger partial charge in [-0.3, -0.25) is 4.79 Å². The van der Waals surface area contributed by atoms with Gasteiger partial charge in [0.15, 0.2) is 0 Å². The van der Waals surface area contributed by atoms with Crippen LogP contribution in [0.15, 0.2) is 0 Å². The van der Waals surface area contributed by atoms with Crippen LogP contribution in [-0.2, 0) is 4.79 Å². The average Bonchev–Trinajstić information content (AvgIpc) is 2.27. The van der Waals surface area contributed by atoms with Crippen molar-refractivity contribution in [2.45, 2.75) is 44.6 Å². The summed E-state index contributed by atoms with van der Waals surface area (Å²) >= 11 is 5.57. The second kappa shape index (κ2) is 6.60. The van der Waals surface area contributed by atoms with Crippen molar-refractivity contribution in [3.05, 3.63) is 0 Å². The summed E-state index contributed by atoms with van der Waals surface area (Å²) in [6.07, 6.45) is 5.32. The molecule has 0 aliphatic heterocycles. The predicted molar refractivity (Wildman–Crippen MR) is 72.4 cm³/mol. The van der Waals surface area contributed by atoms with E-state index in [4.69, 9.17) is 11.6 Å². The summed E-state index contributed by atoms with van der Waals surface area (Å²) in [5.74, 6) is 1.22. The van der Waals surface area contributed by atoms with Crippen molar-refractivity contribution in [1.29, 1.82) is 0 Å². The van der Waals surface area contributed by atoms with Gasteiger partial charge in [0.2, 0.25) is 5.91 Å². The molecule has 2 unspecified atom stereocenters. The van der Waals surface area contributed by atoms with E-state index in [9.17, 15) is 4.79 Å². The standard InChI is InChI=1S/C13H25ClN2O/c1-11-5-4-7-13(9-11,16(2)3)10-15-12(17)6-8-14/h11H,4-10H2,1-3H3,(H,15,17).